The molecule has 1 aromatic heterocycles. The fourth-order valence-corrected chi connectivity index (χ4v) is 3.63. The molecule has 0 spiro atoms. The summed E-state index contributed by atoms with van der Waals surface area (Å²) in [6.45, 7) is 1.05. The molecular weight excluding hydrogens is 346 g/mol. The van der Waals surface area contributed by atoms with Crippen LogP contribution in [0, 0.1) is 11.3 Å². The molecule has 0 unspecified atom stereocenters. The van der Waals surface area contributed by atoms with Crippen molar-refractivity contribution in [3.63, 3.8) is 0 Å². The zero-order chi connectivity index (χ0) is 17.9. The predicted octanol–water partition coefficient (Wildman–Crippen LogP) is 3.55. The van der Waals surface area contributed by atoms with E-state index in [1.165, 1.54) is 11.3 Å². The minimum atomic E-state index is -0.118. The first-order valence-electron chi connectivity index (χ1n) is 8.22. The van der Waals surface area contributed by atoms with Crippen LogP contribution in [0.5, 0.6) is 5.75 Å². The first kappa shape index (κ1) is 16.3. The average molecular weight is 361 g/mol. The van der Waals surface area contributed by atoms with Gasteiger partial charge in [-0.1, -0.05) is 12.1 Å². The number of nitrogens with zero attached hydrogens (tertiary/aromatic N) is 2. The molecule has 0 radical (unpaired) electrons. The van der Waals surface area contributed by atoms with E-state index >= 15 is 0 Å². The minimum absolute atomic E-state index is 0.118. The van der Waals surface area contributed by atoms with Gasteiger partial charge in [0.25, 0.3) is 5.91 Å². The van der Waals surface area contributed by atoms with Crippen LogP contribution in [0.1, 0.15) is 27.2 Å². The van der Waals surface area contributed by atoms with E-state index in [9.17, 15) is 4.79 Å². The molecule has 1 aliphatic heterocycles. The molecule has 2 aromatic carbocycles. The molecule has 2 heterocycles. The Hall–Kier alpha value is -3.17. The van der Waals surface area contributed by atoms with Gasteiger partial charge in [-0.15, -0.1) is 11.3 Å². The summed E-state index contributed by atoms with van der Waals surface area (Å²) in [7, 11) is 0. The van der Waals surface area contributed by atoms with Crippen LogP contribution in [-0.2, 0) is 13.0 Å². The van der Waals surface area contributed by atoms with Crippen LogP contribution in [-0.4, -0.2) is 17.5 Å². The van der Waals surface area contributed by atoms with Crippen molar-refractivity contribution in [2.24, 2.45) is 0 Å². The molecule has 0 saturated heterocycles. The molecule has 0 bridgehead atoms. The SMILES string of the molecule is N#Cc1ccc(-c2nc(CNC(=O)c3ccc4c(c3)CCO4)cs2)cc1. The normalized spacial score (nSPS) is 12.1. The first-order valence-corrected chi connectivity index (χ1v) is 9.10. The van der Waals surface area contributed by atoms with Gasteiger partial charge in [-0.25, -0.2) is 4.98 Å². The van der Waals surface area contributed by atoms with Crippen LogP contribution in [0.15, 0.2) is 47.8 Å². The van der Waals surface area contributed by atoms with Gasteiger partial charge in [-0.3, -0.25) is 4.79 Å². The summed E-state index contributed by atoms with van der Waals surface area (Å²) in [4.78, 5) is 16.9. The molecule has 0 fully saturated rings. The van der Waals surface area contributed by atoms with Gasteiger partial charge in [0.15, 0.2) is 0 Å². The fraction of sp³-hybridized carbons (Fsp3) is 0.150. The maximum atomic E-state index is 12.4. The van der Waals surface area contributed by atoms with Gasteiger partial charge in [0, 0.05) is 22.9 Å². The quantitative estimate of drug-likeness (QED) is 0.771. The number of hydrogen-bond acceptors (Lipinski definition) is 5. The van der Waals surface area contributed by atoms with Gasteiger partial charge in [-0.2, -0.15) is 5.26 Å². The fourth-order valence-electron chi connectivity index (χ4n) is 2.81. The van der Waals surface area contributed by atoms with Gasteiger partial charge in [0.1, 0.15) is 10.8 Å². The summed E-state index contributed by atoms with van der Waals surface area (Å²) in [5.41, 5.74) is 4.11. The maximum Gasteiger partial charge on any atom is 0.251 e. The molecular formula is C20H15N3O2S. The van der Waals surface area contributed by atoms with Gasteiger partial charge in [0.2, 0.25) is 0 Å². The van der Waals surface area contributed by atoms with Crippen molar-refractivity contribution >= 4 is 17.2 Å². The summed E-state index contributed by atoms with van der Waals surface area (Å²) in [6, 6.07) is 14.9. The number of aromatic nitrogens is 1. The monoisotopic (exact) mass is 361 g/mol. The van der Waals surface area contributed by atoms with Crippen molar-refractivity contribution in [1.29, 1.82) is 5.26 Å². The molecule has 1 aliphatic rings. The highest BCUT2D eigenvalue weighted by molar-refractivity contribution is 7.13. The highest BCUT2D eigenvalue weighted by atomic mass is 32.1. The van der Waals surface area contributed by atoms with E-state index in [1.54, 1.807) is 18.2 Å². The number of fused-ring (bicyclic) bond motifs is 1. The second kappa shape index (κ2) is 6.98. The van der Waals surface area contributed by atoms with Crippen LogP contribution < -0.4 is 10.1 Å². The Kier molecular flexibility index (Phi) is 4.38. The van der Waals surface area contributed by atoms with E-state index in [0.29, 0.717) is 24.3 Å². The third kappa shape index (κ3) is 3.30. The zero-order valence-electron chi connectivity index (χ0n) is 13.9. The summed E-state index contributed by atoms with van der Waals surface area (Å²) >= 11 is 1.52. The molecule has 3 aromatic rings. The van der Waals surface area contributed by atoms with Crippen LogP contribution in [0.3, 0.4) is 0 Å². The number of carbonyl (C=O) groups excluding carboxylic acids is 1. The number of ether oxygens (including phenoxy) is 1. The van der Waals surface area contributed by atoms with Gasteiger partial charge >= 0.3 is 0 Å². The number of thiazole rings is 1. The highest BCUT2D eigenvalue weighted by Crippen LogP contribution is 2.26. The van der Waals surface area contributed by atoms with Gasteiger partial charge < -0.3 is 10.1 Å². The molecule has 26 heavy (non-hydrogen) atoms. The van der Waals surface area contributed by atoms with Crippen molar-refractivity contribution < 1.29 is 9.53 Å². The molecule has 5 nitrogen and oxygen atoms in total. The molecule has 6 heteroatoms. The van der Waals surface area contributed by atoms with Crippen molar-refractivity contribution in [3.05, 3.63) is 70.2 Å². The van der Waals surface area contributed by atoms with Crippen LogP contribution in [0.25, 0.3) is 10.6 Å². The summed E-state index contributed by atoms with van der Waals surface area (Å²) in [5.74, 6) is 0.751. The Bertz CT molecular complexity index is 1000. The van der Waals surface area contributed by atoms with Gasteiger partial charge in [-0.05, 0) is 35.9 Å². The Morgan fingerprint density at radius 3 is 2.92 bits per heavy atom. The Labute approximate surface area is 154 Å². The van der Waals surface area contributed by atoms with Crippen LogP contribution in [0.4, 0.5) is 0 Å². The molecule has 1 amide bonds. The Morgan fingerprint density at radius 2 is 2.12 bits per heavy atom. The molecule has 128 valence electrons. The number of hydrogen-bond donors (Lipinski definition) is 1. The molecule has 0 aliphatic carbocycles. The third-order valence-electron chi connectivity index (χ3n) is 4.19. The Balaban J connectivity index is 1.41. The van der Waals surface area contributed by atoms with Crippen molar-refractivity contribution in [2.75, 3.05) is 6.61 Å². The van der Waals surface area contributed by atoms with Crippen LogP contribution in [0.2, 0.25) is 0 Å². The smallest absolute Gasteiger partial charge is 0.251 e. The topological polar surface area (TPSA) is 75.0 Å². The standard InChI is InChI=1S/C20H15N3O2S/c21-10-13-1-3-14(4-2-13)20-23-17(12-26-20)11-22-19(24)16-5-6-18-15(9-16)7-8-25-18/h1-6,9,12H,7-8,11H2,(H,22,24). The zero-order valence-corrected chi connectivity index (χ0v) is 14.7. The second-order valence-corrected chi connectivity index (χ2v) is 6.79. The summed E-state index contributed by atoms with van der Waals surface area (Å²) in [5, 5.41) is 14.6. The number of rotatable bonds is 4. The molecule has 0 saturated carbocycles. The lowest BCUT2D eigenvalue weighted by Crippen LogP contribution is -2.23. The average Bonchev–Trinajstić information content (AvgIpc) is 3.35. The number of nitriles is 1. The van der Waals surface area contributed by atoms with Gasteiger partial charge in [0.05, 0.1) is 30.5 Å². The molecule has 4 rings (SSSR count). The lowest BCUT2D eigenvalue weighted by Gasteiger charge is -2.05. The molecule has 0 atom stereocenters. The number of carbonyl (C=O) groups is 1. The van der Waals surface area contributed by atoms with Crippen molar-refractivity contribution in [1.82, 2.24) is 10.3 Å². The van der Waals surface area contributed by atoms with Crippen molar-refractivity contribution in [3.8, 4) is 22.4 Å². The molecule has 1 N–H and O–H groups in total. The summed E-state index contributed by atoms with van der Waals surface area (Å²) in [6.07, 6.45) is 0.844. The number of nitrogens with one attached hydrogen (secondary N) is 1. The Morgan fingerprint density at radius 1 is 1.27 bits per heavy atom. The van der Waals surface area contributed by atoms with E-state index < -0.39 is 0 Å². The van der Waals surface area contributed by atoms with E-state index in [-0.39, 0.29) is 5.91 Å². The second-order valence-electron chi connectivity index (χ2n) is 5.94. The van der Waals surface area contributed by atoms with E-state index in [2.05, 4.69) is 16.4 Å². The largest absolute Gasteiger partial charge is 0.493 e. The lowest BCUT2D eigenvalue weighted by molar-refractivity contribution is 0.0950. The number of amides is 1. The summed E-state index contributed by atoms with van der Waals surface area (Å²) < 4.78 is 5.46. The lowest BCUT2D eigenvalue weighted by atomic mass is 10.1. The predicted molar refractivity (Wildman–Crippen MR) is 99.1 cm³/mol. The highest BCUT2D eigenvalue weighted by Gasteiger charge is 2.15. The first-order chi connectivity index (χ1) is 12.7. The van der Waals surface area contributed by atoms with E-state index in [0.717, 1.165) is 34.0 Å². The third-order valence-corrected chi connectivity index (χ3v) is 5.13. The number of benzene rings is 2. The van der Waals surface area contributed by atoms with E-state index in [1.807, 2.05) is 29.6 Å². The van der Waals surface area contributed by atoms with E-state index in [4.69, 9.17) is 10.00 Å². The van der Waals surface area contributed by atoms with Crippen LogP contribution >= 0.6 is 11.3 Å². The maximum absolute atomic E-state index is 12.4. The van der Waals surface area contributed by atoms with Crippen molar-refractivity contribution in [2.45, 2.75) is 13.0 Å². The minimum Gasteiger partial charge on any atom is -0.493 e.